The van der Waals surface area contributed by atoms with Crippen LogP contribution in [0.15, 0.2) is 42.5 Å². The molecule has 2 aromatic carbocycles. The minimum absolute atomic E-state index is 0.236. The molecule has 0 aliphatic carbocycles. The van der Waals surface area contributed by atoms with E-state index in [1.165, 1.54) is 12.1 Å². The van der Waals surface area contributed by atoms with Gasteiger partial charge in [0.05, 0.1) is 0 Å². The Morgan fingerprint density at radius 2 is 1.81 bits per heavy atom. The first kappa shape index (κ1) is 15.6. The second kappa shape index (κ2) is 6.80. The van der Waals surface area contributed by atoms with Crippen LogP contribution in [0.5, 0.6) is 5.75 Å². The number of rotatable bonds is 5. The molecule has 2 rings (SSSR count). The van der Waals surface area contributed by atoms with Crippen LogP contribution in [0.3, 0.4) is 0 Å². The average molecular weight is 327 g/mol. The zero-order chi connectivity index (χ0) is 15.4. The summed E-state index contributed by atoms with van der Waals surface area (Å²) < 4.78 is 5.55. The fraction of sp³-hybridized carbons (Fsp3) is 0.133. The predicted octanol–water partition coefficient (Wildman–Crippen LogP) is 3.69. The molecule has 0 saturated heterocycles. The van der Waals surface area contributed by atoms with E-state index in [1.807, 2.05) is 0 Å². The molecular formula is C15H12Cl2O4. The first-order valence-corrected chi connectivity index (χ1v) is 6.80. The number of aliphatic carboxylic acids is 1. The molecule has 0 radical (unpaired) electrons. The SMILES string of the molecule is O=C(O)C(O)c1ccc(OCc2cc(Cl)ccc2Cl)cc1. The van der Waals surface area contributed by atoms with Gasteiger partial charge >= 0.3 is 5.97 Å². The van der Waals surface area contributed by atoms with Crippen LogP contribution in [0.1, 0.15) is 17.2 Å². The molecule has 0 bridgehead atoms. The molecule has 0 amide bonds. The normalized spacial score (nSPS) is 12.0. The van der Waals surface area contributed by atoms with Crippen LogP contribution in [-0.2, 0) is 11.4 Å². The van der Waals surface area contributed by atoms with Crippen molar-refractivity contribution in [3.63, 3.8) is 0 Å². The molecule has 0 aliphatic heterocycles. The lowest BCUT2D eigenvalue weighted by molar-refractivity contribution is -0.146. The standard InChI is InChI=1S/C15H12Cl2O4/c16-11-3-6-13(17)10(7-11)8-21-12-4-1-9(2-5-12)14(18)15(19)20/h1-7,14,18H,8H2,(H,19,20). The molecule has 0 saturated carbocycles. The van der Waals surface area contributed by atoms with Crippen LogP contribution >= 0.6 is 23.2 Å². The zero-order valence-corrected chi connectivity index (χ0v) is 12.3. The molecule has 0 heterocycles. The van der Waals surface area contributed by atoms with Gasteiger partial charge in [-0.3, -0.25) is 0 Å². The van der Waals surface area contributed by atoms with Crippen molar-refractivity contribution in [2.24, 2.45) is 0 Å². The number of hydrogen-bond donors (Lipinski definition) is 2. The largest absolute Gasteiger partial charge is 0.489 e. The van der Waals surface area contributed by atoms with E-state index in [0.717, 1.165) is 5.56 Å². The second-order valence-electron chi connectivity index (χ2n) is 4.33. The molecule has 4 nitrogen and oxygen atoms in total. The smallest absolute Gasteiger partial charge is 0.337 e. The maximum Gasteiger partial charge on any atom is 0.337 e. The molecule has 1 unspecified atom stereocenters. The van der Waals surface area contributed by atoms with Gasteiger partial charge in [-0.25, -0.2) is 4.79 Å². The quantitative estimate of drug-likeness (QED) is 0.879. The number of carboxylic acid groups (broad SMARTS) is 1. The Morgan fingerprint density at radius 3 is 2.43 bits per heavy atom. The zero-order valence-electron chi connectivity index (χ0n) is 10.8. The van der Waals surface area contributed by atoms with Crippen molar-refractivity contribution in [2.75, 3.05) is 0 Å². The van der Waals surface area contributed by atoms with Crippen LogP contribution in [0, 0.1) is 0 Å². The van der Waals surface area contributed by atoms with Crippen LogP contribution in [0.4, 0.5) is 0 Å². The Balaban J connectivity index is 2.04. The molecule has 110 valence electrons. The predicted molar refractivity (Wildman–Crippen MR) is 79.8 cm³/mol. The summed E-state index contributed by atoms with van der Waals surface area (Å²) in [4.78, 5) is 10.7. The van der Waals surface area contributed by atoms with Gasteiger partial charge < -0.3 is 14.9 Å². The van der Waals surface area contributed by atoms with Crippen LogP contribution < -0.4 is 4.74 Å². The van der Waals surface area contributed by atoms with Gasteiger partial charge in [0.2, 0.25) is 0 Å². The van der Waals surface area contributed by atoms with E-state index in [9.17, 15) is 9.90 Å². The molecular weight excluding hydrogens is 315 g/mol. The summed E-state index contributed by atoms with van der Waals surface area (Å²) in [6.45, 7) is 0.236. The van der Waals surface area contributed by atoms with E-state index in [-0.39, 0.29) is 12.2 Å². The summed E-state index contributed by atoms with van der Waals surface area (Å²) in [7, 11) is 0. The van der Waals surface area contributed by atoms with E-state index >= 15 is 0 Å². The summed E-state index contributed by atoms with van der Waals surface area (Å²) >= 11 is 11.9. The molecule has 6 heteroatoms. The van der Waals surface area contributed by atoms with Crippen LogP contribution in [-0.4, -0.2) is 16.2 Å². The van der Waals surface area contributed by atoms with E-state index in [2.05, 4.69) is 0 Å². The Bertz CT molecular complexity index is 641. The molecule has 0 aliphatic rings. The number of halogens is 2. The number of ether oxygens (including phenoxy) is 1. The highest BCUT2D eigenvalue weighted by Crippen LogP contribution is 2.23. The van der Waals surface area contributed by atoms with Gasteiger partial charge in [-0.15, -0.1) is 0 Å². The maximum absolute atomic E-state index is 10.7. The molecule has 0 spiro atoms. The van der Waals surface area contributed by atoms with Gasteiger partial charge in [0.1, 0.15) is 12.4 Å². The fourth-order valence-corrected chi connectivity index (χ4v) is 2.07. The van der Waals surface area contributed by atoms with Gasteiger partial charge in [0, 0.05) is 15.6 Å². The summed E-state index contributed by atoms with van der Waals surface area (Å²) in [5.41, 5.74) is 1.04. The Kier molecular flexibility index (Phi) is 5.07. The molecule has 21 heavy (non-hydrogen) atoms. The van der Waals surface area contributed by atoms with E-state index in [4.69, 9.17) is 33.0 Å². The minimum Gasteiger partial charge on any atom is -0.489 e. The van der Waals surface area contributed by atoms with E-state index < -0.39 is 12.1 Å². The summed E-state index contributed by atoms with van der Waals surface area (Å²) in [6, 6.07) is 11.2. The number of aliphatic hydroxyl groups is 1. The highest BCUT2D eigenvalue weighted by atomic mass is 35.5. The number of carboxylic acids is 1. The summed E-state index contributed by atoms with van der Waals surface area (Å²) in [5, 5.41) is 19.2. The van der Waals surface area contributed by atoms with Gasteiger partial charge in [0.15, 0.2) is 6.10 Å². The molecule has 0 aromatic heterocycles. The second-order valence-corrected chi connectivity index (χ2v) is 5.18. The van der Waals surface area contributed by atoms with Crippen molar-refractivity contribution in [3.8, 4) is 5.75 Å². The van der Waals surface area contributed by atoms with Crippen molar-refractivity contribution in [3.05, 3.63) is 63.6 Å². The minimum atomic E-state index is -1.54. The van der Waals surface area contributed by atoms with Crippen LogP contribution in [0.25, 0.3) is 0 Å². The third-order valence-electron chi connectivity index (χ3n) is 2.83. The maximum atomic E-state index is 10.7. The fourth-order valence-electron chi connectivity index (χ4n) is 1.70. The number of aliphatic hydroxyl groups excluding tert-OH is 1. The third-order valence-corrected chi connectivity index (χ3v) is 3.44. The van der Waals surface area contributed by atoms with Crippen molar-refractivity contribution in [1.29, 1.82) is 0 Å². The Morgan fingerprint density at radius 1 is 1.14 bits per heavy atom. The van der Waals surface area contributed by atoms with Crippen molar-refractivity contribution >= 4 is 29.2 Å². The lowest BCUT2D eigenvalue weighted by Gasteiger charge is -2.10. The van der Waals surface area contributed by atoms with Gasteiger partial charge in [-0.2, -0.15) is 0 Å². The highest BCUT2D eigenvalue weighted by molar-refractivity contribution is 6.33. The number of carbonyl (C=O) groups is 1. The van der Waals surface area contributed by atoms with E-state index in [1.54, 1.807) is 30.3 Å². The number of hydrogen-bond acceptors (Lipinski definition) is 3. The van der Waals surface area contributed by atoms with Crippen molar-refractivity contribution < 1.29 is 19.7 Å². The Labute approximate surface area is 131 Å². The highest BCUT2D eigenvalue weighted by Gasteiger charge is 2.15. The van der Waals surface area contributed by atoms with Crippen molar-refractivity contribution in [2.45, 2.75) is 12.7 Å². The van der Waals surface area contributed by atoms with Gasteiger partial charge in [-0.05, 0) is 35.9 Å². The lowest BCUT2D eigenvalue weighted by Crippen LogP contribution is -2.10. The summed E-state index contributed by atoms with van der Waals surface area (Å²) in [5.74, 6) is -0.762. The van der Waals surface area contributed by atoms with Gasteiger partial charge in [0.25, 0.3) is 0 Å². The first-order valence-electron chi connectivity index (χ1n) is 6.05. The van der Waals surface area contributed by atoms with Gasteiger partial charge in [-0.1, -0.05) is 35.3 Å². The van der Waals surface area contributed by atoms with Crippen molar-refractivity contribution in [1.82, 2.24) is 0 Å². The number of benzene rings is 2. The van der Waals surface area contributed by atoms with E-state index in [0.29, 0.717) is 15.8 Å². The molecule has 2 aromatic rings. The lowest BCUT2D eigenvalue weighted by atomic mass is 10.1. The average Bonchev–Trinajstić information content (AvgIpc) is 2.48. The monoisotopic (exact) mass is 326 g/mol. The topological polar surface area (TPSA) is 66.8 Å². The Hall–Kier alpha value is -1.75. The van der Waals surface area contributed by atoms with Crippen LogP contribution in [0.2, 0.25) is 10.0 Å². The molecule has 0 fully saturated rings. The molecule has 2 N–H and O–H groups in total. The summed E-state index contributed by atoms with van der Waals surface area (Å²) in [6.07, 6.45) is -1.54. The first-order chi connectivity index (χ1) is 9.97. The molecule has 1 atom stereocenters. The third kappa shape index (κ3) is 4.11.